The molecule has 0 atom stereocenters. The molecule has 4 heterocycles. The first-order valence-electron chi connectivity index (χ1n) is 23.3. The Kier molecular flexibility index (Phi) is 9.00. The van der Waals surface area contributed by atoms with Gasteiger partial charge in [0.15, 0.2) is 17.5 Å². The smallest absolute Gasteiger partial charge is 0.164 e. The van der Waals surface area contributed by atoms with E-state index in [4.69, 9.17) is 15.0 Å². The number of thiophene rings is 1. The fourth-order valence-electron chi connectivity index (χ4n) is 10.3. The van der Waals surface area contributed by atoms with E-state index >= 15 is 0 Å². The molecule has 0 aliphatic heterocycles. The highest BCUT2D eigenvalue weighted by Crippen LogP contribution is 2.46. The molecule has 322 valence electrons. The Balaban J connectivity index is 0.973. The predicted octanol–water partition coefficient (Wildman–Crippen LogP) is 16.8. The molecule has 0 amide bonds. The van der Waals surface area contributed by atoms with Gasteiger partial charge in [0.1, 0.15) is 0 Å². The van der Waals surface area contributed by atoms with E-state index in [1.54, 1.807) is 0 Å². The molecule has 5 nitrogen and oxygen atoms in total. The van der Waals surface area contributed by atoms with Crippen LogP contribution in [-0.4, -0.2) is 24.1 Å². The fourth-order valence-corrected chi connectivity index (χ4v) is 11.7. The number of nitrogens with zero attached hydrogens (tertiary/aromatic N) is 5. The van der Waals surface area contributed by atoms with Crippen LogP contribution < -0.4 is 0 Å². The Morgan fingerprint density at radius 3 is 1.29 bits per heavy atom. The zero-order valence-electron chi connectivity index (χ0n) is 37.2. The van der Waals surface area contributed by atoms with E-state index in [0.717, 1.165) is 50.1 Å². The minimum absolute atomic E-state index is 0.615. The van der Waals surface area contributed by atoms with Crippen molar-refractivity contribution in [1.82, 2.24) is 24.1 Å². The predicted molar refractivity (Wildman–Crippen MR) is 289 cm³/mol. The molecule has 69 heavy (non-hydrogen) atoms. The minimum atomic E-state index is 0.615. The first-order valence-corrected chi connectivity index (χ1v) is 24.1. The van der Waals surface area contributed by atoms with E-state index in [1.807, 2.05) is 23.5 Å². The van der Waals surface area contributed by atoms with Gasteiger partial charge in [0.2, 0.25) is 0 Å². The van der Waals surface area contributed by atoms with Crippen molar-refractivity contribution in [3.8, 4) is 67.8 Å². The summed E-state index contributed by atoms with van der Waals surface area (Å²) < 4.78 is 7.40. The molecule has 4 aromatic heterocycles. The molecule has 0 fully saturated rings. The van der Waals surface area contributed by atoms with Crippen molar-refractivity contribution < 1.29 is 0 Å². The molecule has 0 spiro atoms. The van der Waals surface area contributed by atoms with Crippen LogP contribution in [-0.2, 0) is 0 Å². The van der Waals surface area contributed by atoms with Crippen molar-refractivity contribution in [3.63, 3.8) is 0 Å². The van der Waals surface area contributed by atoms with E-state index in [2.05, 4.69) is 234 Å². The summed E-state index contributed by atoms with van der Waals surface area (Å²) in [5, 5.41) is 7.38. The average molecular weight is 898 g/mol. The molecule has 0 aliphatic carbocycles. The highest BCUT2D eigenvalue weighted by atomic mass is 32.1. The van der Waals surface area contributed by atoms with Crippen molar-refractivity contribution >= 4 is 75.1 Å². The van der Waals surface area contributed by atoms with Crippen molar-refractivity contribution in [2.75, 3.05) is 0 Å². The van der Waals surface area contributed by atoms with Gasteiger partial charge in [-0.2, -0.15) is 0 Å². The van der Waals surface area contributed by atoms with Crippen LogP contribution in [0.15, 0.2) is 237 Å². The second kappa shape index (κ2) is 15.8. The summed E-state index contributed by atoms with van der Waals surface area (Å²) in [5.74, 6) is 1.86. The van der Waals surface area contributed by atoms with Crippen molar-refractivity contribution in [3.05, 3.63) is 237 Å². The van der Waals surface area contributed by atoms with Gasteiger partial charge in [0.05, 0.1) is 37.2 Å². The summed E-state index contributed by atoms with van der Waals surface area (Å²) in [6.07, 6.45) is 0. The molecule has 10 aromatic carbocycles. The molecule has 0 saturated carbocycles. The van der Waals surface area contributed by atoms with Gasteiger partial charge in [-0.15, -0.1) is 11.3 Å². The van der Waals surface area contributed by atoms with Crippen LogP contribution in [0.4, 0.5) is 0 Å². The maximum Gasteiger partial charge on any atom is 0.164 e. The Morgan fingerprint density at radius 2 is 0.696 bits per heavy atom. The zero-order valence-corrected chi connectivity index (χ0v) is 38.0. The Labute approximate surface area is 401 Å². The molecular formula is C63H39N5S. The second-order valence-corrected chi connectivity index (χ2v) is 18.6. The third kappa shape index (κ3) is 6.41. The quantitative estimate of drug-likeness (QED) is 0.160. The molecule has 0 saturated heterocycles. The summed E-state index contributed by atoms with van der Waals surface area (Å²) in [5.41, 5.74) is 14.3. The van der Waals surface area contributed by atoms with Gasteiger partial charge < -0.3 is 9.13 Å². The minimum Gasteiger partial charge on any atom is -0.308 e. The van der Waals surface area contributed by atoms with Crippen LogP contribution in [0.25, 0.3) is 132 Å². The topological polar surface area (TPSA) is 48.5 Å². The summed E-state index contributed by atoms with van der Waals surface area (Å²) in [6, 6.07) is 84.3. The highest BCUT2D eigenvalue weighted by molar-refractivity contribution is 7.27. The number of hydrogen-bond donors (Lipinski definition) is 0. The SMILES string of the molecule is c1ccc(-c2ccc(-c3nc(-c4ccc(-c5ccccc5)cc4)nc(-c4ccc5c6ccc7c8cccc(-n9c%10ccccc%10c%10ccccc%109)c8sc7c6n(-c6ccccc6)c5c4)n3)cc2)cc1. The summed E-state index contributed by atoms with van der Waals surface area (Å²) in [4.78, 5) is 15.7. The summed E-state index contributed by atoms with van der Waals surface area (Å²) in [6.45, 7) is 0. The fraction of sp³-hybridized carbons (Fsp3) is 0. The van der Waals surface area contributed by atoms with Gasteiger partial charge in [-0.05, 0) is 58.7 Å². The lowest BCUT2D eigenvalue weighted by Gasteiger charge is -2.11. The highest BCUT2D eigenvalue weighted by Gasteiger charge is 2.22. The molecule has 0 radical (unpaired) electrons. The second-order valence-electron chi connectivity index (χ2n) is 17.6. The lowest BCUT2D eigenvalue weighted by molar-refractivity contribution is 1.07. The Hall–Kier alpha value is -8.97. The summed E-state index contributed by atoms with van der Waals surface area (Å²) in [7, 11) is 0. The molecule has 0 aliphatic rings. The maximum absolute atomic E-state index is 5.25. The molecule has 14 rings (SSSR count). The van der Waals surface area contributed by atoms with Crippen LogP contribution in [0.1, 0.15) is 0 Å². The molecule has 6 heteroatoms. The number of aromatic nitrogens is 5. The molecule has 0 unspecified atom stereocenters. The number of fused-ring (bicyclic) bond motifs is 10. The van der Waals surface area contributed by atoms with E-state index in [1.165, 1.54) is 64.0 Å². The maximum atomic E-state index is 5.25. The lowest BCUT2D eigenvalue weighted by atomic mass is 10.0. The van der Waals surface area contributed by atoms with Crippen LogP contribution in [0.5, 0.6) is 0 Å². The van der Waals surface area contributed by atoms with Gasteiger partial charge in [-0.3, -0.25) is 0 Å². The molecule has 14 aromatic rings. The van der Waals surface area contributed by atoms with Crippen molar-refractivity contribution in [1.29, 1.82) is 0 Å². The number of rotatable bonds is 7. The van der Waals surface area contributed by atoms with Crippen molar-refractivity contribution in [2.45, 2.75) is 0 Å². The Morgan fingerprint density at radius 1 is 0.275 bits per heavy atom. The summed E-state index contributed by atoms with van der Waals surface area (Å²) >= 11 is 1.88. The normalized spacial score (nSPS) is 11.8. The van der Waals surface area contributed by atoms with Gasteiger partial charge in [-0.25, -0.2) is 15.0 Å². The van der Waals surface area contributed by atoms with Gasteiger partial charge in [0, 0.05) is 54.7 Å². The van der Waals surface area contributed by atoms with Gasteiger partial charge in [-0.1, -0.05) is 200 Å². The van der Waals surface area contributed by atoms with Crippen LogP contribution in [0.3, 0.4) is 0 Å². The lowest BCUT2D eigenvalue weighted by Crippen LogP contribution is -2.00. The first-order chi connectivity index (χ1) is 34.2. The van der Waals surface area contributed by atoms with Crippen LogP contribution >= 0.6 is 11.3 Å². The first kappa shape index (κ1) is 39.2. The standard InChI is InChI=1S/C63H39N5S/c1-4-15-40(16-5-1)42-27-31-44(32-28-42)61-64-62(45-33-29-43(30-34-45)41-17-6-2-7-18-41)66-63(65-61)46-35-36-50-51-37-38-53-52-23-14-26-56(68-54-24-12-10-21-48(54)49-22-11-13-25-55(49)68)59(52)69-60(53)58(51)67(57(50)39-46)47-19-8-3-9-20-47/h1-39H. The van der Waals surface area contributed by atoms with E-state index in [0.29, 0.717) is 17.5 Å². The monoisotopic (exact) mass is 897 g/mol. The molecule has 0 N–H and O–H groups in total. The molecular weight excluding hydrogens is 859 g/mol. The van der Waals surface area contributed by atoms with Gasteiger partial charge >= 0.3 is 0 Å². The average Bonchev–Trinajstić information content (AvgIpc) is 4.09. The molecule has 0 bridgehead atoms. The van der Waals surface area contributed by atoms with E-state index in [9.17, 15) is 0 Å². The van der Waals surface area contributed by atoms with E-state index in [-0.39, 0.29) is 0 Å². The van der Waals surface area contributed by atoms with Gasteiger partial charge in [0.25, 0.3) is 0 Å². The Bertz CT molecular complexity index is 4110. The third-order valence-corrected chi connectivity index (χ3v) is 14.9. The van der Waals surface area contributed by atoms with Crippen LogP contribution in [0.2, 0.25) is 0 Å². The third-order valence-electron chi connectivity index (χ3n) is 13.6. The number of hydrogen-bond acceptors (Lipinski definition) is 4. The number of benzene rings is 10. The van der Waals surface area contributed by atoms with Crippen molar-refractivity contribution in [2.24, 2.45) is 0 Å². The van der Waals surface area contributed by atoms with E-state index < -0.39 is 0 Å². The largest absolute Gasteiger partial charge is 0.308 e. The number of para-hydroxylation sites is 3. The van der Waals surface area contributed by atoms with Crippen LogP contribution in [0, 0.1) is 0 Å². The zero-order chi connectivity index (χ0) is 45.4.